The van der Waals surface area contributed by atoms with E-state index in [1.54, 1.807) is 37.5 Å². The lowest BCUT2D eigenvalue weighted by Crippen LogP contribution is -1.97. The number of carbonyl (C=O) groups is 1. The van der Waals surface area contributed by atoms with Crippen molar-refractivity contribution in [1.82, 2.24) is 0 Å². The number of benzene rings is 2. The minimum atomic E-state index is -0.678. The van der Waals surface area contributed by atoms with Crippen LogP contribution in [0.4, 0.5) is 4.39 Å². The smallest absolute Gasteiger partial charge is 0.187 e. The molecule has 2 aromatic rings. The molecule has 108 valence electrons. The predicted molar refractivity (Wildman–Crippen MR) is 82.8 cm³/mol. The molecule has 0 aliphatic carbocycles. The van der Waals surface area contributed by atoms with E-state index in [9.17, 15) is 9.18 Å². The molecule has 0 atom stereocenters. The van der Waals surface area contributed by atoms with Gasteiger partial charge in [-0.25, -0.2) is 4.39 Å². The Morgan fingerprint density at radius 1 is 1.14 bits per heavy atom. The van der Waals surface area contributed by atoms with Crippen LogP contribution < -0.4 is 4.74 Å². The number of halogens is 3. The molecule has 0 aliphatic heterocycles. The topological polar surface area (TPSA) is 26.3 Å². The second-order valence-corrected chi connectivity index (χ2v) is 5.03. The summed E-state index contributed by atoms with van der Waals surface area (Å²) in [5.41, 5.74) is 0.887. The van der Waals surface area contributed by atoms with Crippen LogP contribution in [0.2, 0.25) is 10.0 Å². The van der Waals surface area contributed by atoms with Gasteiger partial charge >= 0.3 is 0 Å². The molecule has 0 bridgehead atoms. The molecule has 0 aromatic heterocycles. The first-order chi connectivity index (χ1) is 10.0. The molecule has 5 heteroatoms. The number of rotatable bonds is 4. The lowest BCUT2D eigenvalue weighted by molar-refractivity contribution is 0.104. The molecule has 0 saturated heterocycles. The lowest BCUT2D eigenvalue weighted by atomic mass is 10.1. The second kappa shape index (κ2) is 6.74. The summed E-state index contributed by atoms with van der Waals surface area (Å²) in [4.78, 5) is 12.0. The van der Waals surface area contributed by atoms with Gasteiger partial charge in [0.25, 0.3) is 0 Å². The number of methoxy groups -OCH3 is 1. The van der Waals surface area contributed by atoms with Crippen LogP contribution in [0.1, 0.15) is 15.9 Å². The third kappa shape index (κ3) is 3.84. The molecule has 0 amide bonds. The molecule has 2 aromatic carbocycles. The van der Waals surface area contributed by atoms with Gasteiger partial charge in [0, 0.05) is 5.56 Å². The molecule has 0 radical (unpaired) electrons. The van der Waals surface area contributed by atoms with E-state index in [0.717, 1.165) is 17.4 Å². The van der Waals surface area contributed by atoms with E-state index in [4.69, 9.17) is 27.9 Å². The van der Waals surface area contributed by atoms with Gasteiger partial charge in [0.15, 0.2) is 5.78 Å². The Hall–Kier alpha value is -1.84. The van der Waals surface area contributed by atoms with Crippen LogP contribution in [-0.4, -0.2) is 12.9 Å². The second-order valence-electron chi connectivity index (χ2n) is 4.22. The minimum absolute atomic E-state index is 0.0725. The molecular weight excluding hydrogens is 314 g/mol. The van der Waals surface area contributed by atoms with Gasteiger partial charge in [0.2, 0.25) is 0 Å². The molecule has 0 heterocycles. The van der Waals surface area contributed by atoms with E-state index < -0.39 is 11.6 Å². The van der Waals surface area contributed by atoms with E-state index in [0.29, 0.717) is 0 Å². The fourth-order valence-electron chi connectivity index (χ4n) is 1.69. The molecule has 0 fully saturated rings. The summed E-state index contributed by atoms with van der Waals surface area (Å²) in [6, 6.07) is 9.40. The van der Waals surface area contributed by atoms with Crippen molar-refractivity contribution < 1.29 is 13.9 Å². The van der Waals surface area contributed by atoms with Gasteiger partial charge in [-0.3, -0.25) is 4.79 Å². The summed E-state index contributed by atoms with van der Waals surface area (Å²) in [5, 5.41) is 0.00136. The largest absolute Gasteiger partial charge is 0.497 e. The summed E-state index contributed by atoms with van der Waals surface area (Å²) in [6.07, 6.45) is 2.95. The molecule has 0 spiro atoms. The van der Waals surface area contributed by atoms with Crippen LogP contribution in [-0.2, 0) is 0 Å². The van der Waals surface area contributed by atoms with Crippen molar-refractivity contribution >= 4 is 35.1 Å². The van der Waals surface area contributed by atoms with Crippen molar-refractivity contribution in [3.05, 3.63) is 69.5 Å². The quantitative estimate of drug-likeness (QED) is 0.447. The van der Waals surface area contributed by atoms with E-state index in [1.807, 2.05) is 0 Å². The summed E-state index contributed by atoms with van der Waals surface area (Å²) in [5.74, 6) is -0.352. The monoisotopic (exact) mass is 324 g/mol. The van der Waals surface area contributed by atoms with Crippen molar-refractivity contribution in [3.63, 3.8) is 0 Å². The Bertz CT molecular complexity index is 694. The zero-order valence-electron chi connectivity index (χ0n) is 11.1. The number of ketones is 1. The fourth-order valence-corrected chi connectivity index (χ4v) is 2.16. The summed E-state index contributed by atoms with van der Waals surface area (Å²) < 4.78 is 18.4. The number of allylic oxidation sites excluding steroid dienone is 1. The van der Waals surface area contributed by atoms with Gasteiger partial charge in [0.05, 0.1) is 17.2 Å². The van der Waals surface area contributed by atoms with Crippen molar-refractivity contribution in [3.8, 4) is 5.75 Å². The van der Waals surface area contributed by atoms with Gasteiger partial charge in [0.1, 0.15) is 11.6 Å². The van der Waals surface area contributed by atoms with Gasteiger partial charge in [-0.05, 0) is 35.9 Å². The molecule has 0 saturated carbocycles. The Labute approximate surface area is 131 Å². The lowest BCUT2D eigenvalue weighted by Gasteiger charge is -2.02. The summed E-state index contributed by atoms with van der Waals surface area (Å²) >= 11 is 11.5. The number of carbonyl (C=O) groups excluding carboxylic acids is 1. The first-order valence-electron chi connectivity index (χ1n) is 6.02. The van der Waals surface area contributed by atoms with E-state index in [2.05, 4.69) is 0 Å². The fraction of sp³-hybridized carbons (Fsp3) is 0.0625. The number of hydrogen-bond acceptors (Lipinski definition) is 2. The molecule has 2 rings (SSSR count). The third-order valence-corrected chi connectivity index (χ3v) is 3.42. The summed E-state index contributed by atoms with van der Waals surface area (Å²) in [6.45, 7) is 0. The van der Waals surface area contributed by atoms with Crippen LogP contribution in [0.15, 0.2) is 42.5 Å². The van der Waals surface area contributed by atoms with Crippen LogP contribution >= 0.6 is 23.2 Å². The zero-order valence-corrected chi connectivity index (χ0v) is 12.6. The van der Waals surface area contributed by atoms with Crippen molar-refractivity contribution in [2.45, 2.75) is 0 Å². The van der Waals surface area contributed by atoms with Crippen molar-refractivity contribution in [1.29, 1.82) is 0 Å². The highest BCUT2D eigenvalue weighted by molar-refractivity contribution is 6.37. The molecule has 21 heavy (non-hydrogen) atoms. The first kappa shape index (κ1) is 15.5. The number of ether oxygens (including phenoxy) is 1. The Morgan fingerprint density at radius 3 is 2.43 bits per heavy atom. The van der Waals surface area contributed by atoms with E-state index in [-0.39, 0.29) is 15.6 Å². The average Bonchev–Trinajstić information content (AvgIpc) is 2.49. The highest BCUT2D eigenvalue weighted by Crippen LogP contribution is 2.25. The zero-order chi connectivity index (χ0) is 15.4. The normalized spacial score (nSPS) is 10.9. The maximum absolute atomic E-state index is 13.4. The third-order valence-electron chi connectivity index (χ3n) is 2.82. The van der Waals surface area contributed by atoms with Crippen molar-refractivity contribution in [2.75, 3.05) is 7.11 Å². The first-order valence-corrected chi connectivity index (χ1v) is 6.78. The van der Waals surface area contributed by atoms with Crippen LogP contribution in [0.25, 0.3) is 6.08 Å². The Morgan fingerprint density at radius 2 is 1.81 bits per heavy atom. The van der Waals surface area contributed by atoms with Gasteiger partial charge in [-0.1, -0.05) is 41.4 Å². The predicted octanol–water partition coefficient (Wildman–Crippen LogP) is 5.04. The molecule has 2 nitrogen and oxygen atoms in total. The van der Waals surface area contributed by atoms with Crippen molar-refractivity contribution in [2.24, 2.45) is 0 Å². The molecule has 0 aliphatic rings. The van der Waals surface area contributed by atoms with E-state index >= 15 is 0 Å². The maximum atomic E-state index is 13.4. The Kier molecular flexibility index (Phi) is 4.99. The Balaban J connectivity index is 2.20. The SMILES string of the molecule is COc1ccc(C=CC(=O)c2cc(F)c(Cl)cc2Cl)cc1. The summed E-state index contributed by atoms with van der Waals surface area (Å²) in [7, 11) is 1.57. The van der Waals surface area contributed by atoms with Crippen LogP contribution in [0.5, 0.6) is 5.75 Å². The van der Waals surface area contributed by atoms with Gasteiger partial charge in [-0.2, -0.15) is 0 Å². The average molecular weight is 325 g/mol. The molecular formula is C16H11Cl2FO2. The minimum Gasteiger partial charge on any atom is -0.497 e. The van der Waals surface area contributed by atoms with Gasteiger partial charge < -0.3 is 4.74 Å². The van der Waals surface area contributed by atoms with E-state index in [1.165, 1.54) is 12.1 Å². The maximum Gasteiger partial charge on any atom is 0.187 e. The number of hydrogen-bond donors (Lipinski definition) is 0. The standard InChI is InChI=1S/C16H11Cl2FO2/c1-21-11-5-2-10(3-6-11)4-7-16(20)12-8-15(19)14(18)9-13(12)17/h2-9H,1H3. The van der Waals surface area contributed by atoms with Crippen LogP contribution in [0, 0.1) is 5.82 Å². The van der Waals surface area contributed by atoms with Crippen LogP contribution in [0.3, 0.4) is 0 Å². The molecule has 0 unspecified atom stereocenters. The van der Waals surface area contributed by atoms with Gasteiger partial charge in [-0.15, -0.1) is 0 Å². The molecule has 0 N–H and O–H groups in total. The highest BCUT2D eigenvalue weighted by atomic mass is 35.5. The highest BCUT2D eigenvalue weighted by Gasteiger charge is 2.11.